The first kappa shape index (κ1) is 19.9. The number of carbonyl (C=O) groups is 2. The van der Waals surface area contributed by atoms with Crippen LogP contribution in [0.2, 0.25) is 0 Å². The fraction of sp³-hybridized carbons (Fsp3) is 0.583. The van der Waals surface area contributed by atoms with E-state index in [4.69, 9.17) is 4.74 Å². The summed E-state index contributed by atoms with van der Waals surface area (Å²) in [5.74, 6) is -0.0682. The second-order valence-corrected chi connectivity index (χ2v) is 9.25. The Bertz CT molecular complexity index is 849. The minimum Gasteiger partial charge on any atom is -0.379 e. The van der Waals surface area contributed by atoms with Gasteiger partial charge >= 0.3 is 0 Å². The van der Waals surface area contributed by atoms with Crippen LogP contribution in [0.3, 0.4) is 0 Å². The third kappa shape index (κ3) is 3.22. The van der Waals surface area contributed by atoms with Gasteiger partial charge in [-0.25, -0.2) is 4.90 Å². The van der Waals surface area contributed by atoms with Gasteiger partial charge in [0.05, 0.1) is 30.7 Å². The molecule has 4 heterocycles. The lowest BCUT2D eigenvalue weighted by atomic mass is 9.68. The highest BCUT2D eigenvalue weighted by molar-refractivity contribution is 6.22. The maximum Gasteiger partial charge on any atom is 0.239 e. The molecule has 30 heavy (non-hydrogen) atoms. The number of morpholine rings is 1. The lowest BCUT2D eigenvalue weighted by Gasteiger charge is -2.36. The maximum absolute atomic E-state index is 13.6. The molecule has 0 aromatic heterocycles. The van der Waals surface area contributed by atoms with Gasteiger partial charge in [0, 0.05) is 38.8 Å². The highest BCUT2D eigenvalue weighted by atomic mass is 16.5. The van der Waals surface area contributed by atoms with Gasteiger partial charge in [0.25, 0.3) is 0 Å². The number of fused-ring (bicyclic) bond motifs is 2. The molecule has 0 spiro atoms. The molecule has 1 aromatic rings. The molecule has 2 amide bonds. The smallest absolute Gasteiger partial charge is 0.239 e. The number of anilines is 1. The Balaban J connectivity index is 1.44. The van der Waals surface area contributed by atoms with Gasteiger partial charge in [0.15, 0.2) is 0 Å². The number of hydrogen-bond donors (Lipinski definition) is 0. The van der Waals surface area contributed by atoms with Crippen LogP contribution in [0.4, 0.5) is 5.69 Å². The summed E-state index contributed by atoms with van der Waals surface area (Å²) < 4.78 is 5.48. The average Bonchev–Trinajstić information content (AvgIpc) is 2.87. The van der Waals surface area contributed by atoms with E-state index in [2.05, 4.69) is 29.7 Å². The Morgan fingerprint density at radius 2 is 1.67 bits per heavy atom. The zero-order chi connectivity index (χ0) is 20.8. The van der Waals surface area contributed by atoms with Crippen LogP contribution in [0.15, 0.2) is 42.0 Å². The summed E-state index contributed by atoms with van der Waals surface area (Å²) >= 11 is 0. The van der Waals surface area contributed by atoms with Crippen molar-refractivity contribution in [3.8, 4) is 0 Å². The Labute approximate surface area is 178 Å². The van der Waals surface area contributed by atoms with Crippen molar-refractivity contribution >= 4 is 17.5 Å². The van der Waals surface area contributed by atoms with Crippen LogP contribution in [-0.4, -0.2) is 73.6 Å². The Hall–Kier alpha value is -2.02. The maximum atomic E-state index is 13.6. The van der Waals surface area contributed by atoms with Gasteiger partial charge in [-0.15, -0.1) is 0 Å². The molecule has 0 unspecified atom stereocenters. The number of allylic oxidation sites excluding steroid dienone is 1. The van der Waals surface area contributed by atoms with Gasteiger partial charge in [0.2, 0.25) is 11.8 Å². The minimum absolute atomic E-state index is 0.00222. The summed E-state index contributed by atoms with van der Waals surface area (Å²) in [6.45, 7) is 10.8. The number of ether oxygens (including phenoxy) is 1. The van der Waals surface area contributed by atoms with Crippen molar-refractivity contribution in [3.63, 3.8) is 0 Å². The number of rotatable bonds is 4. The zero-order valence-corrected chi connectivity index (χ0v) is 17.9. The second kappa shape index (κ2) is 7.91. The normalized spacial score (nSPS) is 34.8. The van der Waals surface area contributed by atoms with Crippen molar-refractivity contribution in [1.29, 1.82) is 0 Å². The topological polar surface area (TPSA) is 53.1 Å². The standard InChI is InChI=1S/C24H31N3O3/c1-16-14-19-21-22(24(29)27(23(21)28)18-6-4-3-5-7-18)20(16)17(2)15-26(19)9-8-25-10-12-30-13-11-25/h3-7,14,17,19-22H,8-13,15H2,1-2H3/t17-,19+,20-,21+,22+/m1/s1. The first-order valence-electron chi connectivity index (χ1n) is 11.2. The number of nitrogens with zero attached hydrogens (tertiary/aromatic N) is 3. The van der Waals surface area contributed by atoms with Crippen LogP contribution in [0, 0.1) is 23.7 Å². The molecule has 4 aliphatic heterocycles. The van der Waals surface area contributed by atoms with E-state index in [-0.39, 0.29) is 35.6 Å². The highest BCUT2D eigenvalue weighted by Crippen LogP contribution is 2.49. The van der Waals surface area contributed by atoms with E-state index < -0.39 is 0 Å². The van der Waals surface area contributed by atoms with E-state index in [1.165, 1.54) is 10.5 Å². The number of para-hydroxylation sites is 1. The lowest BCUT2D eigenvalue weighted by Crippen LogP contribution is -2.48. The van der Waals surface area contributed by atoms with Crippen LogP contribution in [0.1, 0.15) is 13.8 Å². The summed E-state index contributed by atoms with van der Waals surface area (Å²) in [7, 11) is 0. The van der Waals surface area contributed by atoms with Crippen LogP contribution in [0.25, 0.3) is 0 Å². The Kier molecular flexibility index (Phi) is 5.25. The van der Waals surface area contributed by atoms with Crippen molar-refractivity contribution in [2.24, 2.45) is 23.7 Å². The molecule has 6 nitrogen and oxygen atoms in total. The average molecular weight is 410 g/mol. The fourth-order valence-electron chi connectivity index (χ4n) is 6.12. The number of carbonyl (C=O) groups excluding carboxylic acids is 2. The van der Waals surface area contributed by atoms with Gasteiger partial charge in [0.1, 0.15) is 0 Å². The molecular weight excluding hydrogens is 378 g/mol. The van der Waals surface area contributed by atoms with E-state index >= 15 is 0 Å². The minimum atomic E-state index is -0.277. The summed E-state index contributed by atoms with van der Waals surface area (Å²) in [6.07, 6.45) is 2.29. The quantitative estimate of drug-likeness (QED) is 0.563. The Morgan fingerprint density at radius 3 is 2.40 bits per heavy atom. The van der Waals surface area contributed by atoms with Crippen molar-refractivity contribution in [3.05, 3.63) is 42.0 Å². The molecular formula is C24H31N3O3. The molecule has 5 aliphatic rings. The van der Waals surface area contributed by atoms with Gasteiger partial charge in [-0.3, -0.25) is 19.4 Å². The van der Waals surface area contributed by atoms with Crippen LogP contribution in [0.5, 0.6) is 0 Å². The largest absolute Gasteiger partial charge is 0.379 e. The SMILES string of the molecule is CC1=C[C@H]2[C@@H]3C(=O)N(c4ccccc4)C(=O)[C@H]3[C@H]1[C@H](C)CN2CCN1CCOCC1. The molecule has 0 saturated carbocycles. The van der Waals surface area contributed by atoms with Crippen LogP contribution >= 0.6 is 0 Å². The summed E-state index contributed by atoms with van der Waals surface area (Å²) in [4.78, 5) is 33.5. The molecule has 2 bridgehead atoms. The molecule has 6 rings (SSSR count). The van der Waals surface area contributed by atoms with Crippen molar-refractivity contribution < 1.29 is 14.3 Å². The van der Waals surface area contributed by atoms with Gasteiger partial charge in [-0.1, -0.05) is 36.8 Å². The Morgan fingerprint density at radius 1 is 0.967 bits per heavy atom. The van der Waals surface area contributed by atoms with Gasteiger partial charge in [-0.2, -0.15) is 0 Å². The highest BCUT2D eigenvalue weighted by Gasteiger charge is 2.59. The molecule has 0 radical (unpaired) electrons. The number of benzene rings is 1. The van der Waals surface area contributed by atoms with Crippen molar-refractivity contribution in [1.82, 2.24) is 9.80 Å². The first-order valence-corrected chi connectivity index (χ1v) is 11.2. The molecule has 0 N–H and O–H groups in total. The molecule has 5 atom stereocenters. The molecule has 1 aromatic carbocycles. The van der Waals surface area contributed by atoms with Crippen LogP contribution in [-0.2, 0) is 14.3 Å². The number of amides is 2. The summed E-state index contributed by atoms with van der Waals surface area (Å²) in [5.41, 5.74) is 1.98. The molecule has 160 valence electrons. The van der Waals surface area contributed by atoms with Gasteiger partial charge < -0.3 is 4.74 Å². The van der Waals surface area contributed by atoms with E-state index in [9.17, 15) is 9.59 Å². The summed E-state index contributed by atoms with van der Waals surface area (Å²) in [6, 6.07) is 9.42. The van der Waals surface area contributed by atoms with E-state index in [1.54, 1.807) is 0 Å². The van der Waals surface area contributed by atoms with Crippen LogP contribution < -0.4 is 4.90 Å². The zero-order valence-electron chi connectivity index (χ0n) is 17.9. The van der Waals surface area contributed by atoms with Crippen molar-refractivity contribution in [2.75, 3.05) is 50.8 Å². The van der Waals surface area contributed by atoms with E-state index in [0.29, 0.717) is 11.6 Å². The fourth-order valence-corrected chi connectivity index (χ4v) is 6.12. The van der Waals surface area contributed by atoms with E-state index in [1.807, 2.05) is 30.3 Å². The monoisotopic (exact) mass is 409 g/mol. The number of hydrogen-bond acceptors (Lipinski definition) is 5. The molecule has 3 saturated heterocycles. The molecule has 1 aliphatic carbocycles. The summed E-state index contributed by atoms with van der Waals surface area (Å²) in [5, 5.41) is 0. The number of imide groups is 1. The molecule has 6 heteroatoms. The third-order valence-electron chi connectivity index (χ3n) is 7.49. The predicted octanol–water partition coefficient (Wildman–Crippen LogP) is 2.02. The van der Waals surface area contributed by atoms with E-state index in [0.717, 1.165) is 45.9 Å². The van der Waals surface area contributed by atoms with Crippen molar-refractivity contribution in [2.45, 2.75) is 19.9 Å². The third-order valence-corrected chi connectivity index (χ3v) is 7.49. The second-order valence-electron chi connectivity index (χ2n) is 9.25. The van der Waals surface area contributed by atoms with Gasteiger partial charge in [-0.05, 0) is 30.9 Å². The first-order chi connectivity index (χ1) is 14.6. The molecule has 3 fully saturated rings. The lowest BCUT2D eigenvalue weighted by molar-refractivity contribution is -0.123. The predicted molar refractivity (Wildman–Crippen MR) is 115 cm³/mol.